The van der Waals surface area contributed by atoms with E-state index in [0.29, 0.717) is 18.7 Å². The SMILES string of the molecule is Cc1nc(CN2CCN(C(=O)CNC(=O)c3ccccc3)CC2)cs1. The second-order valence-corrected chi connectivity index (χ2v) is 7.13. The summed E-state index contributed by atoms with van der Waals surface area (Å²) in [5.41, 5.74) is 1.66. The van der Waals surface area contributed by atoms with Crippen LogP contribution in [0.1, 0.15) is 21.1 Å². The molecule has 1 saturated heterocycles. The number of piperazine rings is 1. The number of nitrogens with one attached hydrogen (secondary N) is 1. The first-order valence-corrected chi connectivity index (χ1v) is 9.24. The number of aryl methyl sites for hydroxylation is 1. The second-order valence-electron chi connectivity index (χ2n) is 6.06. The molecule has 0 aliphatic carbocycles. The van der Waals surface area contributed by atoms with Gasteiger partial charge in [-0.05, 0) is 19.1 Å². The van der Waals surface area contributed by atoms with E-state index in [1.165, 1.54) is 0 Å². The maximum Gasteiger partial charge on any atom is 0.251 e. The van der Waals surface area contributed by atoms with Crippen molar-refractivity contribution in [1.29, 1.82) is 0 Å². The van der Waals surface area contributed by atoms with E-state index in [1.807, 2.05) is 17.9 Å². The highest BCUT2D eigenvalue weighted by atomic mass is 32.1. The van der Waals surface area contributed by atoms with Gasteiger partial charge in [0.05, 0.1) is 17.2 Å². The van der Waals surface area contributed by atoms with Crippen molar-refractivity contribution >= 4 is 23.2 Å². The number of amides is 2. The van der Waals surface area contributed by atoms with E-state index in [1.54, 1.807) is 35.6 Å². The van der Waals surface area contributed by atoms with Crippen molar-refractivity contribution in [2.24, 2.45) is 0 Å². The molecule has 132 valence electrons. The summed E-state index contributed by atoms with van der Waals surface area (Å²) in [6, 6.07) is 8.94. The van der Waals surface area contributed by atoms with E-state index in [9.17, 15) is 9.59 Å². The highest BCUT2D eigenvalue weighted by molar-refractivity contribution is 7.09. The molecule has 0 spiro atoms. The number of carbonyl (C=O) groups is 2. The monoisotopic (exact) mass is 358 g/mol. The van der Waals surface area contributed by atoms with E-state index in [-0.39, 0.29) is 18.4 Å². The molecule has 1 aromatic carbocycles. The molecule has 1 aliphatic heterocycles. The van der Waals surface area contributed by atoms with Crippen LogP contribution in [0.3, 0.4) is 0 Å². The third-order valence-corrected chi connectivity index (χ3v) is 5.04. The van der Waals surface area contributed by atoms with Crippen LogP contribution in [-0.2, 0) is 11.3 Å². The van der Waals surface area contributed by atoms with Crippen molar-refractivity contribution in [2.45, 2.75) is 13.5 Å². The van der Waals surface area contributed by atoms with Crippen molar-refractivity contribution < 1.29 is 9.59 Å². The largest absolute Gasteiger partial charge is 0.343 e. The van der Waals surface area contributed by atoms with Gasteiger partial charge in [0.25, 0.3) is 5.91 Å². The lowest BCUT2D eigenvalue weighted by Gasteiger charge is -2.34. The Kier molecular flexibility index (Phi) is 5.78. The van der Waals surface area contributed by atoms with Crippen molar-refractivity contribution in [2.75, 3.05) is 32.7 Å². The molecule has 25 heavy (non-hydrogen) atoms. The van der Waals surface area contributed by atoms with E-state index in [0.717, 1.165) is 30.3 Å². The zero-order valence-corrected chi connectivity index (χ0v) is 15.1. The molecule has 0 radical (unpaired) electrons. The van der Waals surface area contributed by atoms with E-state index >= 15 is 0 Å². The quantitative estimate of drug-likeness (QED) is 0.880. The van der Waals surface area contributed by atoms with Gasteiger partial charge in [0.1, 0.15) is 0 Å². The first-order valence-electron chi connectivity index (χ1n) is 8.36. The van der Waals surface area contributed by atoms with Crippen LogP contribution in [-0.4, -0.2) is 59.3 Å². The Morgan fingerprint density at radius 2 is 1.88 bits per heavy atom. The van der Waals surface area contributed by atoms with Crippen molar-refractivity contribution in [3.05, 3.63) is 52.0 Å². The van der Waals surface area contributed by atoms with Gasteiger partial charge < -0.3 is 10.2 Å². The number of aromatic nitrogens is 1. The molecule has 1 aliphatic rings. The molecule has 2 amide bonds. The van der Waals surface area contributed by atoms with Crippen LogP contribution in [0, 0.1) is 6.92 Å². The summed E-state index contributed by atoms with van der Waals surface area (Å²) in [6.07, 6.45) is 0. The van der Waals surface area contributed by atoms with Gasteiger partial charge >= 0.3 is 0 Å². The lowest BCUT2D eigenvalue weighted by Crippen LogP contribution is -2.50. The molecule has 6 nitrogen and oxygen atoms in total. The lowest BCUT2D eigenvalue weighted by atomic mass is 10.2. The Morgan fingerprint density at radius 1 is 1.16 bits per heavy atom. The topological polar surface area (TPSA) is 65.5 Å². The van der Waals surface area contributed by atoms with Crippen LogP contribution >= 0.6 is 11.3 Å². The van der Waals surface area contributed by atoms with Gasteiger partial charge in [0.15, 0.2) is 0 Å². The molecule has 7 heteroatoms. The Bertz CT molecular complexity index is 724. The Balaban J connectivity index is 1.41. The number of rotatable bonds is 5. The molecule has 2 heterocycles. The highest BCUT2D eigenvalue weighted by Crippen LogP contribution is 2.12. The van der Waals surface area contributed by atoms with Crippen LogP contribution in [0.15, 0.2) is 35.7 Å². The average molecular weight is 358 g/mol. The minimum absolute atomic E-state index is 0.0339. The highest BCUT2D eigenvalue weighted by Gasteiger charge is 2.21. The van der Waals surface area contributed by atoms with Crippen LogP contribution in [0.25, 0.3) is 0 Å². The van der Waals surface area contributed by atoms with Gasteiger partial charge in [-0.15, -0.1) is 11.3 Å². The van der Waals surface area contributed by atoms with Crippen molar-refractivity contribution in [1.82, 2.24) is 20.1 Å². The number of hydrogen-bond acceptors (Lipinski definition) is 5. The van der Waals surface area contributed by atoms with E-state index in [2.05, 4.69) is 20.6 Å². The Labute approximate surface area is 151 Å². The second kappa shape index (κ2) is 8.22. The summed E-state index contributed by atoms with van der Waals surface area (Å²) in [4.78, 5) is 32.9. The fourth-order valence-corrected chi connectivity index (χ4v) is 3.43. The number of benzene rings is 1. The van der Waals surface area contributed by atoms with Gasteiger partial charge in [-0.1, -0.05) is 18.2 Å². The molecular formula is C18H22N4O2S. The molecule has 0 bridgehead atoms. The van der Waals surface area contributed by atoms with Gasteiger partial charge in [-0.2, -0.15) is 0 Å². The standard InChI is InChI=1S/C18H22N4O2S/c1-14-20-16(13-25-14)12-21-7-9-22(10-8-21)17(23)11-19-18(24)15-5-3-2-4-6-15/h2-6,13H,7-12H2,1H3,(H,19,24). The van der Waals surface area contributed by atoms with Crippen molar-refractivity contribution in [3.63, 3.8) is 0 Å². The van der Waals surface area contributed by atoms with Crippen LogP contribution < -0.4 is 5.32 Å². The fourth-order valence-electron chi connectivity index (χ4n) is 2.82. The Hall–Kier alpha value is -2.25. The molecule has 3 rings (SSSR count). The summed E-state index contributed by atoms with van der Waals surface area (Å²) in [5.74, 6) is -0.250. The van der Waals surface area contributed by atoms with Crippen molar-refractivity contribution in [3.8, 4) is 0 Å². The minimum Gasteiger partial charge on any atom is -0.343 e. The van der Waals surface area contributed by atoms with Gasteiger partial charge in [-0.3, -0.25) is 14.5 Å². The molecule has 0 atom stereocenters. The number of hydrogen-bond donors (Lipinski definition) is 1. The summed E-state index contributed by atoms with van der Waals surface area (Å²) in [5, 5.41) is 5.87. The number of carbonyl (C=O) groups excluding carboxylic acids is 2. The third kappa shape index (κ3) is 4.87. The summed E-state index contributed by atoms with van der Waals surface area (Å²) < 4.78 is 0. The molecule has 1 aromatic heterocycles. The predicted octanol–water partition coefficient (Wildman–Crippen LogP) is 1.53. The number of thiazole rings is 1. The third-order valence-electron chi connectivity index (χ3n) is 4.21. The molecule has 1 N–H and O–H groups in total. The van der Waals surface area contributed by atoms with Crippen LogP contribution in [0.5, 0.6) is 0 Å². The minimum atomic E-state index is -0.216. The molecule has 2 aromatic rings. The summed E-state index contributed by atoms with van der Waals surface area (Å²) in [7, 11) is 0. The van der Waals surface area contributed by atoms with Gasteiger partial charge in [-0.25, -0.2) is 4.98 Å². The van der Waals surface area contributed by atoms with Crippen LogP contribution in [0.2, 0.25) is 0 Å². The molecule has 1 fully saturated rings. The predicted molar refractivity (Wildman–Crippen MR) is 97.5 cm³/mol. The lowest BCUT2D eigenvalue weighted by molar-refractivity contribution is -0.131. The maximum atomic E-state index is 12.3. The van der Waals surface area contributed by atoms with Gasteiger partial charge in [0.2, 0.25) is 5.91 Å². The molecule has 0 saturated carbocycles. The summed E-state index contributed by atoms with van der Waals surface area (Å²) >= 11 is 1.66. The van der Waals surface area contributed by atoms with Gasteiger partial charge in [0, 0.05) is 43.7 Å². The molecular weight excluding hydrogens is 336 g/mol. The molecule has 0 unspecified atom stereocenters. The maximum absolute atomic E-state index is 12.3. The van der Waals surface area contributed by atoms with E-state index < -0.39 is 0 Å². The Morgan fingerprint density at radius 3 is 2.52 bits per heavy atom. The average Bonchev–Trinajstić information content (AvgIpc) is 3.05. The first kappa shape index (κ1) is 17.6. The van der Waals surface area contributed by atoms with E-state index in [4.69, 9.17) is 0 Å². The normalized spacial score (nSPS) is 15.2. The fraction of sp³-hybridized carbons (Fsp3) is 0.389. The summed E-state index contributed by atoms with van der Waals surface area (Å²) in [6.45, 7) is 5.90. The zero-order valence-electron chi connectivity index (χ0n) is 14.3. The first-order chi connectivity index (χ1) is 12.1. The smallest absolute Gasteiger partial charge is 0.251 e. The zero-order chi connectivity index (χ0) is 17.6. The van der Waals surface area contributed by atoms with Crippen LogP contribution in [0.4, 0.5) is 0 Å². The number of nitrogens with zero attached hydrogens (tertiary/aromatic N) is 3.